The number of carbonyl (C=O) groups is 2. The van der Waals surface area contributed by atoms with Crippen molar-refractivity contribution >= 4 is 28.3 Å². The first-order valence-electron chi connectivity index (χ1n) is 9.66. The molecule has 1 saturated carbocycles. The summed E-state index contributed by atoms with van der Waals surface area (Å²) in [6, 6.07) is 7.42. The third-order valence-corrected chi connectivity index (χ3v) is 5.92. The molecule has 2 aromatic rings. The molecule has 5 heteroatoms. The number of benzene rings is 1. The number of nitrogens with one attached hydrogen (secondary N) is 1. The van der Waals surface area contributed by atoms with Crippen LogP contribution in [0.2, 0.25) is 0 Å². The molecule has 0 radical (unpaired) electrons. The van der Waals surface area contributed by atoms with Crippen LogP contribution in [-0.2, 0) is 4.79 Å². The zero-order valence-corrected chi connectivity index (χ0v) is 15.3. The van der Waals surface area contributed by atoms with Gasteiger partial charge in [-0.05, 0) is 43.4 Å². The summed E-state index contributed by atoms with van der Waals surface area (Å²) >= 11 is 0. The van der Waals surface area contributed by atoms with Crippen molar-refractivity contribution in [1.29, 1.82) is 0 Å². The summed E-state index contributed by atoms with van der Waals surface area (Å²) in [5.74, 6) is 1.57. The van der Waals surface area contributed by atoms with Gasteiger partial charge in [0.15, 0.2) is 11.5 Å². The number of hydrogen-bond acceptors (Lipinski definition) is 4. The molecule has 1 amide bonds. The molecular weight excluding hydrogens is 328 g/mol. The molecule has 4 rings (SSSR count). The number of anilines is 1. The highest BCUT2D eigenvalue weighted by Crippen LogP contribution is 2.36. The minimum absolute atomic E-state index is 0.0756. The number of likely N-dealkylation sites (tertiary alicyclic amines) is 1. The molecule has 138 valence electrons. The fourth-order valence-corrected chi connectivity index (χ4v) is 4.62. The van der Waals surface area contributed by atoms with E-state index in [-0.39, 0.29) is 17.5 Å². The molecule has 1 aromatic carbocycles. The molecule has 1 aromatic heterocycles. The normalized spacial score (nSPS) is 23.6. The second-order valence-corrected chi connectivity index (χ2v) is 7.74. The van der Waals surface area contributed by atoms with Gasteiger partial charge in [-0.2, -0.15) is 0 Å². The lowest BCUT2D eigenvalue weighted by molar-refractivity contribution is -0.118. The second-order valence-electron chi connectivity index (χ2n) is 7.74. The van der Waals surface area contributed by atoms with Crippen LogP contribution in [0.1, 0.15) is 49.6 Å². The molecule has 1 aliphatic carbocycles. The van der Waals surface area contributed by atoms with E-state index in [0.717, 1.165) is 30.3 Å². The van der Waals surface area contributed by atoms with Crippen LogP contribution in [0.15, 0.2) is 28.7 Å². The van der Waals surface area contributed by atoms with Crippen molar-refractivity contribution in [2.75, 3.05) is 25.0 Å². The van der Waals surface area contributed by atoms with Gasteiger partial charge in [0.05, 0.1) is 12.2 Å². The van der Waals surface area contributed by atoms with Crippen molar-refractivity contribution in [2.24, 2.45) is 11.8 Å². The molecule has 2 fully saturated rings. The summed E-state index contributed by atoms with van der Waals surface area (Å²) < 4.78 is 5.64. The third-order valence-electron chi connectivity index (χ3n) is 5.92. The Bertz CT molecular complexity index is 826. The van der Waals surface area contributed by atoms with Crippen LogP contribution in [0, 0.1) is 11.8 Å². The molecule has 0 unspecified atom stereocenters. The van der Waals surface area contributed by atoms with Crippen LogP contribution >= 0.6 is 0 Å². The monoisotopic (exact) mass is 354 g/mol. The highest BCUT2D eigenvalue weighted by molar-refractivity contribution is 6.11. The molecule has 0 bridgehead atoms. The maximum atomic E-state index is 12.7. The Kier molecular flexibility index (Phi) is 4.81. The van der Waals surface area contributed by atoms with Gasteiger partial charge >= 0.3 is 0 Å². The molecule has 2 atom stereocenters. The Hall–Kier alpha value is -2.14. The number of para-hydroxylation sites is 1. The summed E-state index contributed by atoms with van der Waals surface area (Å²) in [4.78, 5) is 26.8. The highest BCUT2D eigenvalue weighted by Gasteiger charge is 2.31. The molecule has 1 saturated heterocycles. The van der Waals surface area contributed by atoms with Crippen molar-refractivity contribution in [3.05, 3.63) is 30.0 Å². The topological polar surface area (TPSA) is 62.6 Å². The van der Waals surface area contributed by atoms with Gasteiger partial charge in [-0.15, -0.1) is 0 Å². The highest BCUT2D eigenvalue weighted by atomic mass is 16.3. The number of nitrogens with zero attached hydrogens (tertiary/aromatic N) is 1. The van der Waals surface area contributed by atoms with Crippen LogP contribution in [0.3, 0.4) is 0 Å². The lowest BCUT2D eigenvalue weighted by Crippen LogP contribution is -2.44. The van der Waals surface area contributed by atoms with Crippen LogP contribution in [0.25, 0.3) is 11.0 Å². The van der Waals surface area contributed by atoms with E-state index >= 15 is 0 Å². The average molecular weight is 354 g/mol. The fourth-order valence-electron chi connectivity index (χ4n) is 4.62. The largest absolute Gasteiger partial charge is 0.451 e. The van der Waals surface area contributed by atoms with Gasteiger partial charge in [0, 0.05) is 18.9 Å². The minimum atomic E-state index is -0.181. The number of amides is 1. The number of Topliss-reactive ketones (excluding diaryl/α,β-unsaturated/α-hetero) is 1. The maximum Gasteiger partial charge on any atom is 0.238 e. The Morgan fingerprint density at radius 1 is 1.15 bits per heavy atom. The number of fused-ring (bicyclic) bond motifs is 2. The summed E-state index contributed by atoms with van der Waals surface area (Å²) in [5, 5.41) is 3.71. The van der Waals surface area contributed by atoms with E-state index in [2.05, 4.69) is 10.2 Å². The lowest BCUT2D eigenvalue weighted by Gasteiger charge is -2.41. The van der Waals surface area contributed by atoms with Crippen LogP contribution in [0.4, 0.5) is 5.69 Å². The molecule has 2 heterocycles. The van der Waals surface area contributed by atoms with Gasteiger partial charge in [0.2, 0.25) is 5.91 Å². The number of rotatable bonds is 4. The SMILES string of the molecule is CC(=O)c1oc2ccccc2c1NC(=O)CN1CC[C@H]2CCCC[C@@H]2C1. The standard InChI is InChI=1S/C21H26N2O3/c1-14(24)21-20(17-8-4-5-9-18(17)26-21)22-19(25)13-23-11-10-15-6-2-3-7-16(15)12-23/h4-5,8-9,15-16H,2-3,6-7,10-13H2,1H3,(H,22,25)/t15-,16-/m1/s1. The smallest absolute Gasteiger partial charge is 0.238 e. The molecule has 1 aliphatic heterocycles. The van der Waals surface area contributed by atoms with E-state index in [1.54, 1.807) is 0 Å². The minimum Gasteiger partial charge on any atom is -0.451 e. The van der Waals surface area contributed by atoms with E-state index in [1.807, 2.05) is 24.3 Å². The number of furan rings is 1. The summed E-state index contributed by atoms with van der Waals surface area (Å²) in [5.41, 5.74) is 1.13. The lowest BCUT2D eigenvalue weighted by atomic mass is 9.75. The van der Waals surface area contributed by atoms with Crippen molar-refractivity contribution in [2.45, 2.75) is 39.0 Å². The number of piperidine rings is 1. The van der Waals surface area contributed by atoms with Crippen LogP contribution in [-0.4, -0.2) is 36.2 Å². The molecule has 0 spiro atoms. The van der Waals surface area contributed by atoms with Crippen LogP contribution in [0.5, 0.6) is 0 Å². The van der Waals surface area contributed by atoms with E-state index in [0.29, 0.717) is 17.8 Å². The Labute approximate surface area is 153 Å². The van der Waals surface area contributed by atoms with E-state index in [9.17, 15) is 9.59 Å². The quantitative estimate of drug-likeness (QED) is 0.840. The summed E-state index contributed by atoms with van der Waals surface area (Å²) in [6.07, 6.45) is 6.54. The van der Waals surface area contributed by atoms with Gasteiger partial charge < -0.3 is 9.73 Å². The first kappa shape index (κ1) is 17.3. The van der Waals surface area contributed by atoms with Gasteiger partial charge in [-0.1, -0.05) is 31.4 Å². The van der Waals surface area contributed by atoms with E-state index in [1.165, 1.54) is 39.0 Å². The first-order chi connectivity index (χ1) is 12.6. The molecule has 1 N–H and O–H groups in total. The predicted molar refractivity (Wildman–Crippen MR) is 101 cm³/mol. The van der Waals surface area contributed by atoms with Crippen molar-refractivity contribution in [3.63, 3.8) is 0 Å². The van der Waals surface area contributed by atoms with Gasteiger partial charge in [-0.25, -0.2) is 0 Å². The third kappa shape index (κ3) is 3.40. The Morgan fingerprint density at radius 3 is 2.73 bits per heavy atom. The van der Waals surface area contributed by atoms with Gasteiger partial charge in [0.1, 0.15) is 5.58 Å². The number of carbonyl (C=O) groups excluding carboxylic acids is 2. The summed E-state index contributed by atoms with van der Waals surface area (Å²) in [6.45, 7) is 3.84. The molecule has 2 aliphatic rings. The van der Waals surface area contributed by atoms with Crippen molar-refractivity contribution < 1.29 is 14.0 Å². The molecule has 26 heavy (non-hydrogen) atoms. The fraction of sp³-hybridized carbons (Fsp3) is 0.524. The second kappa shape index (κ2) is 7.23. The first-order valence-corrected chi connectivity index (χ1v) is 9.66. The predicted octanol–water partition coefficient (Wildman–Crippen LogP) is 4.09. The Balaban J connectivity index is 1.46. The zero-order chi connectivity index (χ0) is 18.1. The van der Waals surface area contributed by atoms with Crippen molar-refractivity contribution in [3.8, 4) is 0 Å². The summed E-state index contributed by atoms with van der Waals surface area (Å²) in [7, 11) is 0. The van der Waals surface area contributed by atoms with Crippen LogP contribution < -0.4 is 5.32 Å². The number of ketones is 1. The zero-order valence-electron chi connectivity index (χ0n) is 15.3. The Morgan fingerprint density at radius 2 is 1.92 bits per heavy atom. The molecule has 5 nitrogen and oxygen atoms in total. The molecular formula is C21H26N2O3. The van der Waals surface area contributed by atoms with Gasteiger partial charge in [-0.3, -0.25) is 14.5 Å². The van der Waals surface area contributed by atoms with E-state index in [4.69, 9.17) is 4.42 Å². The van der Waals surface area contributed by atoms with Crippen molar-refractivity contribution in [1.82, 2.24) is 4.90 Å². The van der Waals surface area contributed by atoms with E-state index < -0.39 is 0 Å². The number of hydrogen-bond donors (Lipinski definition) is 1. The maximum absolute atomic E-state index is 12.7. The van der Waals surface area contributed by atoms with Gasteiger partial charge in [0.25, 0.3) is 0 Å². The average Bonchev–Trinajstić information content (AvgIpc) is 3.00.